The molecule has 2 atom stereocenters. The monoisotopic (exact) mass is 321 g/mol. The van der Waals surface area contributed by atoms with Crippen molar-refractivity contribution in [2.75, 3.05) is 0 Å². The third-order valence-electron chi connectivity index (χ3n) is 3.23. The first-order chi connectivity index (χ1) is 9.84. The Hall–Kier alpha value is -0.880. The van der Waals surface area contributed by atoms with Crippen LogP contribution >= 0.6 is 0 Å². The van der Waals surface area contributed by atoms with Crippen LogP contribution in [0, 0.1) is 6.92 Å². The number of alkyl halides is 3. The van der Waals surface area contributed by atoms with E-state index in [0.29, 0.717) is 11.3 Å². The summed E-state index contributed by atoms with van der Waals surface area (Å²) in [4.78, 5) is 0.364. The minimum atomic E-state index is -4.38. The van der Waals surface area contributed by atoms with Gasteiger partial charge in [-0.3, -0.25) is 0 Å². The zero-order chi connectivity index (χ0) is 15.9. The number of nitrogens with one attached hydrogen (secondary N) is 1. The minimum absolute atomic E-state index is 0.0406. The van der Waals surface area contributed by atoms with Crippen LogP contribution in [0.25, 0.3) is 0 Å². The van der Waals surface area contributed by atoms with Crippen LogP contribution in [0.1, 0.15) is 44.6 Å². The first kappa shape index (κ1) is 18.2. The van der Waals surface area contributed by atoms with Crippen molar-refractivity contribution in [3.05, 3.63) is 29.8 Å². The van der Waals surface area contributed by atoms with Crippen LogP contribution in [0.3, 0.4) is 0 Å². The number of unbranched alkanes of at least 4 members (excludes halogenated alkanes) is 3. The Morgan fingerprint density at radius 1 is 1.14 bits per heavy atom. The molecule has 0 saturated carbocycles. The van der Waals surface area contributed by atoms with Gasteiger partial charge in [-0.15, -0.1) is 0 Å². The molecule has 21 heavy (non-hydrogen) atoms. The van der Waals surface area contributed by atoms with Crippen molar-refractivity contribution in [2.24, 2.45) is 0 Å². The standard InChI is InChI=1S/C15H22F3NOS/c1-3-4-5-6-7-14(15(16,17)18)19-21(20)13-10-8-12(2)9-11-13/h8-11,14,19H,3-7H2,1-2H3/t14-,21+/m1/s1. The van der Waals surface area contributed by atoms with E-state index in [2.05, 4.69) is 4.72 Å². The lowest BCUT2D eigenvalue weighted by Gasteiger charge is -2.21. The summed E-state index contributed by atoms with van der Waals surface area (Å²) in [5.41, 5.74) is 0.975. The summed E-state index contributed by atoms with van der Waals surface area (Å²) in [5, 5.41) is 0. The lowest BCUT2D eigenvalue weighted by atomic mass is 10.1. The van der Waals surface area contributed by atoms with Gasteiger partial charge in [-0.1, -0.05) is 50.3 Å². The fraction of sp³-hybridized carbons (Fsp3) is 0.600. The summed E-state index contributed by atoms with van der Waals surface area (Å²) in [7, 11) is -1.85. The van der Waals surface area contributed by atoms with Crippen LogP contribution in [0.4, 0.5) is 13.2 Å². The Kier molecular flexibility index (Phi) is 7.39. The molecule has 0 aliphatic carbocycles. The Morgan fingerprint density at radius 3 is 2.29 bits per heavy atom. The minimum Gasteiger partial charge on any atom is -0.237 e. The predicted molar refractivity (Wildman–Crippen MR) is 79.3 cm³/mol. The summed E-state index contributed by atoms with van der Waals surface area (Å²) in [6.45, 7) is 3.87. The fourth-order valence-electron chi connectivity index (χ4n) is 1.92. The molecule has 0 spiro atoms. The Balaban J connectivity index is 2.63. The average molecular weight is 321 g/mol. The predicted octanol–water partition coefficient (Wildman–Crippen LogP) is 4.51. The SMILES string of the molecule is CCCCCC[C@@H](N[S@@](=O)c1ccc(C)cc1)C(F)(F)F. The van der Waals surface area contributed by atoms with Crippen LogP contribution in [0.5, 0.6) is 0 Å². The highest BCUT2D eigenvalue weighted by molar-refractivity contribution is 7.83. The Bertz CT molecular complexity index is 445. The van der Waals surface area contributed by atoms with Gasteiger partial charge in [0.1, 0.15) is 17.0 Å². The maximum Gasteiger partial charge on any atom is 0.404 e. The van der Waals surface area contributed by atoms with E-state index in [1.807, 2.05) is 13.8 Å². The number of hydrogen-bond acceptors (Lipinski definition) is 1. The van der Waals surface area contributed by atoms with Gasteiger partial charge in [0.2, 0.25) is 0 Å². The van der Waals surface area contributed by atoms with E-state index in [1.165, 1.54) is 0 Å². The molecule has 0 aromatic heterocycles. The fourth-order valence-corrected chi connectivity index (χ4v) is 2.95. The van der Waals surface area contributed by atoms with E-state index in [-0.39, 0.29) is 6.42 Å². The number of rotatable bonds is 8. The Morgan fingerprint density at radius 2 is 1.76 bits per heavy atom. The zero-order valence-corrected chi connectivity index (χ0v) is 13.2. The van der Waals surface area contributed by atoms with Gasteiger partial charge in [-0.25, -0.2) is 8.93 Å². The molecule has 120 valence electrons. The largest absolute Gasteiger partial charge is 0.404 e. The number of halogens is 3. The normalized spacial score (nSPS) is 14.9. The van der Waals surface area contributed by atoms with E-state index in [1.54, 1.807) is 24.3 Å². The number of hydrogen-bond donors (Lipinski definition) is 1. The van der Waals surface area contributed by atoms with Crippen molar-refractivity contribution in [2.45, 2.75) is 63.1 Å². The van der Waals surface area contributed by atoms with Crippen LogP contribution in [-0.2, 0) is 11.0 Å². The summed E-state index contributed by atoms with van der Waals surface area (Å²) in [6.07, 6.45) is -1.28. The second kappa shape index (κ2) is 8.54. The van der Waals surface area contributed by atoms with E-state index < -0.39 is 23.2 Å². The highest BCUT2D eigenvalue weighted by Gasteiger charge is 2.40. The smallest absolute Gasteiger partial charge is 0.237 e. The molecule has 0 aliphatic rings. The van der Waals surface area contributed by atoms with Gasteiger partial charge >= 0.3 is 6.18 Å². The lowest BCUT2D eigenvalue weighted by molar-refractivity contribution is -0.152. The molecule has 0 radical (unpaired) electrons. The summed E-state index contributed by atoms with van der Waals surface area (Å²) < 4.78 is 53.1. The molecular formula is C15H22F3NOS. The highest BCUT2D eigenvalue weighted by atomic mass is 32.2. The molecule has 1 rings (SSSR count). The van der Waals surface area contributed by atoms with Crippen molar-refractivity contribution in [3.8, 4) is 0 Å². The third-order valence-corrected chi connectivity index (χ3v) is 4.42. The number of benzene rings is 1. The third kappa shape index (κ3) is 6.61. The zero-order valence-electron chi connectivity index (χ0n) is 12.4. The van der Waals surface area contributed by atoms with Crippen molar-refractivity contribution in [3.63, 3.8) is 0 Å². The van der Waals surface area contributed by atoms with Gasteiger partial charge in [-0.05, 0) is 25.5 Å². The second-order valence-corrected chi connectivity index (χ2v) is 6.39. The van der Waals surface area contributed by atoms with Gasteiger partial charge in [0, 0.05) is 0 Å². The molecule has 1 N–H and O–H groups in total. The van der Waals surface area contributed by atoms with Gasteiger partial charge in [0.25, 0.3) is 0 Å². The van der Waals surface area contributed by atoms with Gasteiger partial charge in [-0.2, -0.15) is 13.2 Å². The van der Waals surface area contributed by atoms with Gasteiger partial charge < -0.3 is 0 Å². The van der Waals surface area contributed by atoms with Crippen molar-refractivity contribution >= 4 is 11.0 Å². The molecule has 0 saturated heterocycles. The lowest BCUT2D eigenvalue weighted by Crippen LogP contribution is -2.43. The van der Waals surface area contributed by atoms with Crippen LogP contribution in [0.2, 0.25) is 0 Å². The molecule has 0 amide bonds. The quantitative estimate of drug-likeness (QED) is 0.701. The first-order valence-corrected chi connectivity index (χ1v) is 8.31. The van der Waals surface area contributed by atoms with Crippen LogP contribution < -0.4 is 4.72 Å². The molecule has 0 aliphatic heterocycles. The maximum absolute atomic E-state index is 13.0. The summed E-state index contributed by atoms with van der Waals surface area (Å²) >= 11 is 0. The second-order valence-electron chi connectivity index (χ2n) is 5.14. The van der Waals surface area contributed by atoms with Gasteiger partial charge in [0.05, 0.1) is 4.90 Å². The molecule has 0 bridgehead atoms. The molecular weight excluding hydrogens is 299 g/mol. The average Bonchev–Trinajstić information content (AvgIpc) is 2.41. The molecule has 1 aromatic rings. The summed E-state index contributed by atoms with van der Waals surface area (Å²) in [5.74, 6) is 0. The highest BCUT2D eigenvalue weighted by Crippen LogP contribution is 2.25. The van der Waals surface area contributed by atoms with Crippen molar-refractivity contribution in [1.29, 1.82) is 0 Å². The molecule has 2 nitrogen and oxygen atoms in total. The Labute approximate surface area is 126 Å². The molecule has 6 heteroatoms. The van der Waals surface area contributed by atoms with Crippen LogP contribution in [0.15, 0.2) is 29.2 Å². The summed E-state index contributed by atoms with van der Waals surface area (Å²) in [6, 6.07) is 4.92. The van der Waals surface area contributed by atoms with Crippen molar-refractivity contribution < 1.29 is 17.4 Å². The maximum atomic E-state index is 13.0. The first-order valence-electron chi connectivity index (χ1n) is 7.16. The van der Waals surface area contributed by atoms with Crippen molar-refractivity contribution in [1.82, 2.24) is 4.72 Å². The van der Waals surface area contributed by atoms with E-state index >= 15 is 0 Å². The van der Waals surface area contributed by atoms with E-state index in [9.17, 15) is 17.4 Å². The van der Waals surface area contributed by atoms with Gasteiger partial charge in [0.15, 0.2) is 0 Å². The topological polar surface area (TPSA) is 29.1 Å². The number of aryl methyl sites for hydroxylation is 1. The molecule has 1 aromatic carbocycles. The van der Waals surface area contributed by atoms with E-state index in [4.69, 9.17) is 0 Å². The van der Waals surface area contributed by atoms with Crippen LogP contribution in [-0.4, -0.2) is 16.4 Å². The molecule has 0 fully saturated rings. The van der Waals surface area contributed by atoms with E-state index in [0.717, 1.165) is 24.8 Å². The molecule has 0 heterocycles. The molecule has 0 unspecified atom stereocenters.